The molecule has 0 amide bonds. The normalized spacial score (nSPS) is 14.3. The van der Waals surface area contributed by atoms with Crippen molar-refractivity contribution in [1.82, 2.24) is 0 Å². The third-order valence-corrected chi connectivity index (χ3v) is 3.49. The molecule has 0 aliphatic heterocycles. The standard InChI is InChI=1S/C16H9BO4/c1-8-12(17)15(20)14(19)11-10(7-21-16(8)11)13(18)9-5-3-2-4-6-9/h2-7H,1H3. The SMILES string of the molecule is [B]C1=C(C)c2occ(C(=O)c3ccccc3)c2C(=O)C1=O. The monoisotopic (exact) mass is 276 g/mol. The molecule has 2 aromatic rings. The van der Waals surface area contributed by atoms with Gasteiger partial charge in [0.2, 0.25) is 11.6 Å². The predicted molar refractivity (Wildman–Crippen MR) is 76.3 cm³/mol. The Bertz CT molecular complexity index is 812. The first-order chi connectivity index (χ1) is 10.0. The fraction of sp³-hybridized carbons (Fsp3) is 0.0625. The van der Waals surface area contributed by atoms with E-state index in [2.05, 4.69) is 0 Å². The Kier molecular flexibility index (Phi) is 2.98. The summed E-state index contributed by atoms with van der Waals surface area (Å²) in [6.45, 7) is 1.58. The molecule has 0 N–H and O–H groups in total. The third kappa shape index (κ3) is 1.89. The number of furan rings is 1. The number of hydrogen-bond acceptors (Lipinski definition) is 4. The minimum Gasteiger partial charge on any atom is -0.463 e. The minimum absolute atomic E-state index is 0.000512. The van der Waals surface area contributed by atoms with Crippen LogP contribution in [0, 0.1) is 0 Å². The average molecular weight is 276 g/mol. The lowest BCUT2D eigenvalue weighted by atomic mass is 9.77. The second kappa shape index (κ2) is 4.70. The molecule has 1 aromatic heterocycles. The Morgan fingerprint density at radius 2 is 1.76 bits per heavy atom. The number of carbonyl (C=O) groups is 3. The van der Waals surface area contributed by atoms with Crippen LogP contribution in [0.25, 0.3) is 5.57 Å². The smallest absolute Gasteiger partial charge is 0.236 e. The fourth-order valence-corrected chi connectivity index (χ4v) is 2.30. The molecule has 0 saturated carbocycles. The van der Waals surface area contributed by atoms with Gasteiger partial charge in [0.1, 0.15) is 19.9 Å². The van der Waals surface area contributed by atoms with E-state index >= 15 is 0 Å². The van der Waals surface area contributed by atoms with Crippen LogP contribution in [0.15, 0.2) is 46.5 Å². The van der Waals surface area contributed by atoms with Crippen molar-refractivity contribution in [1.29, 1.82) is 0 Å². The first-order valence-corrected chi connectivity index (χ1v) is 6.29. The zero-order chi connectivity index (χ0) is 15.1. The summed E-state index contributed by atoms with van der Waals surface area (Å²) < 4.78 is 5.30. The second-order valence-electron chi connectivity index (χ2n) is 4.75. The maximum atomic E-state index is 12.4. The highest BCUT2D eigenvalue weighted by molar-refractivity contribution is 6.62. The molecule has 100 valence electrons. The molecule has 4 nitrogen and oxygen atoms in total. The lowest BCUT2D eigenvalue weighted by Gasteiger charge is -2.13. The first-order valence-electron chi connectivity index (χ1n) is 6.29. The number of fused-ring (bicyclic) bond motifs is 1. The minimum atomic E-state index is -0.805. The number of rotatable bonds is 2. The second-order valence-corrected chi connectivity index (χ2v) is 4.75. The van der Waals surface area contributed by atoms with Gasteiger partial charge in [0.15, 0.2) is 5.78 Å². The van der Waals surface area contributed by atoms with Crippen LogP contribution in [-0.2, 0) is 4.79 Å². The maximum absolute atomic E-state index is 12.4. The zero-order valence-corrected chi connectivity index (χ0v) is 11.2. The van der Waals surface area contributed by atoms with E-state index in [1.165, 1.54) is 6.26 Å². The molecule has 0 bridgehead atoms. The molecule has 0 saturated heterocycles. The Hall–Kier alpha value is -2.69. The predicted octanol–water partition coefficient (Wildman–Crippen LogP) is 2.18. The van der Waals surface area contributed by atoms with Crippen molar-refractivity contribution >= 4 is 30.8 Å². The van der Waals surface area contributed by atoms with Gasteiger partial charge in [0, 0.05) is 5.56 Å². The molecule has 2 radical (unpaired) electrons. The quantitative estimate of drug-likeness (QED) is 0.479. The number of benzene rings is 1. The topological polar surface area (TPSA) is 64.3 Å². The molecule has 21 heavy (non-hydrogen) atoms. The van der Waals surface area contributed by atoms with Crippen LogP contribution in [0.3, 0.4) is 0 Å². The van der Waals surface area contributed by atoms with Gasteiger partial charge < -0.3 is 4.42 Å². The average Bonchev–Trinajstić information content (AvgIpc) is 2.96. The number of hydrogen-bond donors (Lipinski definition) is 0. The van der Waals surface area contributed by atoms with Gasteiger partial charge in [-0.3, -0.25) is 14.4 Å². The van der Waals surface area contributed by atoms with Crippen LogP contribution < -0.4 is 0 Å². The van der Waals surface area contributed by atoms with Gasteiger partial charge in [-0.15, -0.1) is 0 Å². The maximum Gasteiger partial charge on any atom is 0.236 e. The summed E-state index contributed by atoms with van der Waals surface area (Å²) in [6, 6.07) is 8.48. The molecule has 5 heteroatoms. The van der Waals surface area contributed by atoms with Gasteiger partial charge in [-0.2, -0.15) is 0 Å². The van der Waals surface area contributed by atoms with Crippen molar-refractivity contribution in [3.63, 3.8) is 0 Å². The number of Topliss-reactive ketones (excluding diaryl/α,β-unsaturated/α-hetero) is 2. The highest BCUT2D eigenvalue weighted by atomic mass is 16.3. The van der Waals surface area contributed by atoms with Crippen LogP contribution in [0.4, 0.5) is 0 Å². The van der Waals surface area contributed by atoms with Gasteiger partial charge >= 0.3 is 0 Å². The summed E-state index contributed by atoms with van der Waals surface area (Å²) in [5.74, 6) is -1.78. The van der Waals surface area contributed by atoms with E-state index in [0.717, 1.165) is 0 Å². The van der Waals surface area contributed by atoms with E-state index in [1.807, 2.05) is 0 Å². The van der Waals surface area contributed by atoms with Crippen molar-refractivity contribution in [2.24, 2.45) is 0 Å². The molecule has 1 aliphatic carbocycles. The van der Waals surface area contributed by atoms with E-state index in [1.54, 1.807) is 37.3 Å². The van der Waals surface area contributed by atoms with E-state index in [4.69, 9.17) is 12.3 Å². The molecule has 1 aliphatic rings. The highest BCUT2D eigenvalue weighted by Gasteiger charge is 2.35. The molecule has 1 aromatic carbocycles. The summed E-state index contributed by atoms with van der Waals surface area (Å²) in [4.78, 5) is 36.4. The van der Waals surface area contributed by atoms with Gasteiger partial charge in [0.05, 0.1) is 11.1 Å². The number of ketones is 3. The summed E-state index contributed by atoms with van der Waals surface area (Å²) in [5.41, 5.74) is 0.741. The lowest BCUT2D eigenvalue weighted by Crippen LogP contribution is -2.24. The van der Waals surface area contributed by atoms with Gasteiger partial charge in [-0.25, -0.2) is 0 Å². The van der Waals surface area contributed by atoms with Crippen LogP contribution in [0.1, 0.15) is 39.0 Å². The van der Waals surface area contributed by atoms with Crippen molar-refractivity contribution in [3.8, 4) is 0 Å². The Morgan fingerprint density at radius 3 is 2.43 bits per heavy atom. The molecule has 0 unspecified atom stereocenters. The lowest BCUT2D eigenvalue weighted by molar-refractivity contribution is -0.111. The van der Waals surface area contributed by atoms with Crippen LogP contribution >= 0.6 is 0 Å². The van der Waals surface area contributed by atoms with Crippen LogP contribution in [-0.4, -0.2) is 25.2 Å². The van der Waals surface area contributed by atoms with Gasteiger partial charge in [-0.1, -0.05) is 30.3 Å². The molecular formula is C16H9BO4. The molecule has 1 heterocycles. The Labute approximate surface area is 121 Å². The third-order valence-electron chi connectivity index (χ3n) is 3.49. The molecule has 0 atom stereocenters. The summed E-state index contributed by atoms with van der Waals surface area (Å²) in [7, 11) is 5.59. The molecule has 3 rings (SSSR count). The van der Waals surface area contributed by atoms with Crippen molar-refractivity contribution in [3.05, 3.63) is 64.5 Å². The van der Waals surface area contributed by atoms with E-state index < -0.39 is 11.6 Å². The van der Waals surface area contributed by atoms with Crippen molar-refractivity contribution in [2.75, 3.05) is 0 Å². The van der Waals surface area contributed by atoms with Crippen molar-refractivity contribution in [2.45, 2.75) is 6.92 Å². The fourth-order valence-electron chi connectivity index (χ4n) is 2.30. The first kappa shape index (κ1) is 13.3. The van der Waals surface area contributed by atoms with Crippen LogP contribution in [0.5, 0.6) is 0 Å². The van der Waals surface area contributed by atoms with Crippen molar-refractivity contribution < 1.29 is 18.8 Å². The zero-order valence-electron chi connectivity index (χ0n) is 11.2. The molecule has 0 spiro atoms. The van der Waals surface area contributed by atoms with E-state index in [9.17, 15) is 14.4 Å². The summed E-state index contributed by atoms with van der Waals surface area (Å²) in [5, 5.41) is 0. The molecular weight excluding hydrogens is 267 g/mol. The Balaban J connectivity index is 2.18. The highest BCUT2D eigenvalue weighted by Crippen LogP contribution is 2.32. The van der Waals surface area contributed by atoms with Gasteiger partial charge in [0.25, 0.3) is 0 Å². The van der Waals surface area contributed by atoms with Crippen LogP contribution in [0.2, 0.25) is 0 Å². The van der Waals surface area contributed by atoms with E-state index in [-0.39, 0.29) is 28.1 Å². The van der Waals surface area contributed by atoms with E-state index in [0.29, 0.717) is 11.1 Å². The Morgan fingerprint density at radius 1 is 1.10 bits per heavy atom. The number of allylic oxidation sites excluding steroid dienone is 2. The summed E-state index contributed by atoms with van der Waals surface area (Å²) in [6.07, 6.45) is 1.20. The largest absolute Gasteiger partial charge is 0.463 e. The van der Waals surface area contributed by atoms with Gasteiger partial charge in [-0.05, 0) is 18.0 Å². The number of carbonyl (C=O) groups excluding carboxylic acids is 3. The molecule has 0 fully saturated rings. The summed E-state index contributed by atoms with van der Waals surface area (Å²) >= 11 is 0.